The molecule has 0 aliphatic carbocycles. The number of halogens is 3. The third kappa shape index (κ3) is 4.86. The van der Waals surface area contributed by atoms with Gasteiger partial charge in [-0.05, 0) is 48.4 Å². The summed E-state index contributed by atoms with van der Waals surface area (Å²) in [5, 5.41) is 7.53. The number of benzene rings is 2. The van der Waals surface area contributed by atoms with E-state index in [1.165, 1.54) is 12.1 Å². The number of alkyl halides is 3. The Morgan fingerprint density at radius 1 is 0.971 bits per heavy atom. The van der Waals surface area contributed by atoms with Crippen LogP contribution in [0.4, 0.5) is 30.6 Å². The van der Waals surface area contributed by atoms with Gasteiger partial charge in [0.1, 0.15) is 0 Å². The average molecular weight is 477 g/mol. The van der Waals surface area contributed by atoms with Crippen LogP contribution in [0.5, 0.6) is 0 Å². The molecule has 0 saturated heterocycles. The standard InChI is InChI=1S/C25H22F3N7/c1-2-11-30-22-21-23(35(15-31-21)14-16-5-7-18(8-6-16)25(26,27)28)34-24(33-22)32-19-9-10-20-17(13-19)4-3-12-29-20/h3-10,12-13,15H,2,11,14H2,1H3,(H2,30,32,33,34). The lowest BCUT2D eigenvalue weighted by Gasteiger charge is -2.11. The number of aromatic nitrogens is 5. The van der Waals surface area contributed by atoms with Crippen LogP contribution in [0.2, 0.25) is 0 Å². The zero-order valence-electron chi connectivity index (χ0n) is 18.8. The maximum Gasteiger partial charge on any atom is 0.416 e. The van der Waals surface area contributed by atoms with Crippen molar-refractivity contribution in [2.45, 2.75) is 26.1 Å². The molecule has 0 aliphatic heterocycles. The van der Waals surface area contributed by atoms with Crippen LogP contribution in [0.15, 0.2) is 67.1 Å². The Morgan fingerprint density at radius 2 is 1.80 bits per heavy atom. The number of pyridine rings is 1. The molecular formula is C25H22F3N7. The van der Waals surface area contributed by atoms with Crippen molar-refractivity contribution in [3.8, 4) is 0 Å². The lowest BCUT2D eigenvalue weighted by atomic mass is 10.1. The average Bonchev–Trinajstić information content (AvgIpc) is 3.25. The predicted octanol–water partition coefficient (Wildman–Crippen LogP) is 6.01. The van der Waals surface area contributed by atoms with Crippen molar-refractivity contribution in [2.24, 2.45) is 0 Å². The van der Waals surface area contributed by atoms with E-state index in [9.17, 15) is 13.2 Å². The van der Waals surface area contributed by atoms with Gasteiger partial charge in [-0.15, -0.1) is 0 Å². The summed E-state index contributed by atoms with van der Waals surface area (Å²) in [7, 11) is 0. The quantitative estimate of drug-likeness (QED) is 0.299. The Labute approximate surface area is 199 Å². The van der Waals surface area contributed by atoms with Gasteiger partial charge in [0.15, 0.2) is 17.0 Å². The first-order valence-electron chi connectivity index (χ1n) is 11.2. The minimum absolute atomic E-state index is 0.319. The molecule has 0 unspecified atom stereocenters. The molecule has 0 bridgehead atoms. The minimum atomic E-state index is -4.37. The van der Waals surface area contributed by atoms with Crippen LogP contribution in [0, 0.1) is 0 Å². The molecule has 0 radical (unpaired) electrons. The van der Waals surface area contributed by atoms with Gasteiger partial charge in [0, 0.05) is 23.8 Å². The van der Waals surface area contributed by atoms with Gasteiger partial charge in [-0.3, -0.25) is 4.98 Å². The molecule has 5 aromatic rings. The van der Waals surface area contributed by atoms with E-state index in [2.05, 4.69) is 37.5 Å². The van der Waals surface area contributed by atoms with E-state index in [1.807, 2.05) is 30.3 Å². The Kier molecular flexibility index (Phi) is 5.94. The van der Waals surface area contributed by atoms with Crippen molar-refractivity contribution in [1.82, 2.24) is 24.5 Å². The number of anilines is 3. The summed E-state index contributed by atoms with van der Waals surface area (Å²) in [6.07, 6.45) is -0.0967. The van der Waals surface area contributed by atoms with Crippen LogP contribution in [0.1, 0.15) is 24.5 Å². The van der Waals surface area contributed by atoms with Gasteiger partial charge < -0.3 is 15.2 Å². The summed E-state index contributed by atoms with van der Waals surface area (Å²) in [6.45, 7) is 3.08. The molecule has 178 valence electrons. The number of fused-ring (bicyclic) bond motifs is 2. The molecule has 3 aromatic heterocycles. The minimum Gasteiger partial charge on any atom is -0.368 e. The van der Waals surface area contributed by atoms with Gasteiger partial charge in [0.25, 0.3) is 0 Å². The van der Waals surface area contributed by atoms with E-state index in [1.54, 1.807) is 17.1 Å². The number of nitrogens with one attached hydrogen (secondary N) is 2. The van der Waals surface area contributed by atoms with Crippen molar-refractivity contribution in [1.29, 1.82) is 0 Å². The van der Waals surface area contributed by atoms with Gasteiger partial charge in [0.05, 0.1) is 24.0 Å². The fraction of sp³-hybridized carbons (Fsp3) is 0.200. The van der Waals surface area contributed by atoms with E-state index in [4.69, 9.17) is 0 Å². The Balaban J connectivity index is 1.49. The van der Waals surface area contributed by atoms with Gasteiger partial charge in [0.2, 0.25) is 5.95 Å². The third-order valence-corrected chi connectivity index (χ3v) is 5.50. The van der Waals surface area contributed by atoms with Gasteiger partial charge >= 0.3 is 6.18 Å². The van der Waals surface area contributed by atoms with Crippen molar-refractivity contribution >= 4 is 39.5 Å². The summed E-state index contributed by atoms with van der Waals surface area (Å²) >= 11 is 0. The summed E-state index contributed by atoms with van der Waals surface area (Å²) in [5.74, 6) is 0.974. The third-order valence-electron chi connectivity index (χ3n) is 5.50. The second-order valence-corrected chi connectivity index (χ2v) is 8.10. The second kappa shape index (κ2) is 9.21. The van der Waals surface area contributed by atoms with Crippen molar-refractivity contribution in [3.05, 3.63) is 78.2 Å². The van der Waals surface area contributed by atoms with Gasteiger partial charge in [-0.1, -0.05) is 25.1 Å². The molecule has 0 spiro atoms. The highest BCUT2D eigenvalue weighted by atomic mass is 19.4. The lowest BCUT2D eigenvalue weighted by Crippen LogP contribution is -2.08. The van der Waals surface area contributed by atoms with Crippen LogP contribution in [-0.2, 0) is 12.7 Å². The van der Waals surface area contributed by atoms with E-state index in [0.29, 0.717) is 41.6 Å². The lowest BCUT2D eigenvalue weighted by molar-refractivity contribution is -0.137. The van der Waals surface area contributed by atoms with Crippen LogP contribution < -0.4 is 10.6 Å². The molecule has 5 rings (SSSR count). The molecular weight excluding hydrogens is 455 g/mol. The number of hydrogen-bond acceptors (Lipinski definition) is 6. The monoisotopic (exact) mass is 477 g/mol. The zero-order valence-corrected chi connectivity index (χ0v) is 18.8. The number of hydrogen-bond donors (Lipinski definition) is 2. The molecule has 2 N–H and O–H groups in total. The van der Waals surface area contributed by atoms with Crippen LogP contribution in [-0.4, -0.2) is 31.0 Å². The predicted molar refractivity (Wildman–Crippen MR) is 130 cm³/mol. The van der Waals surface area contributed by atoms with Gasteiger partial charge in [-0.2, -0.15) is 23.1 Å². The molecule has 0 saturated carbocycles. The molecule has 10 heteroatoms. The molecule has 2 aromatic carbocycles. The Morgan fingerprint density at radius 3 is 2.57 bits per heavy atom. The van der Waals surface area contributed by atoms with Crippen LogP contribution in [0.3, 0.4) is 0 Å². The topological polar surface area (TPSA) is 80.6 Å². The normalized spacial score (nSPS) is 11.8. The Hall–Kier alpha value is -4.21. The van der Waals surface area contributed by atoms with Crippen molar-refractivity contribution in [3.63, 3.8) is 0 Å². The second-order valence-electron chi connectivity index (χ2n) is 8.10. The Bertz CT molecular complexity index is 1480. The number of rotatable bonds is 7. The zero-order chi connectivity index (χ0) is 24.4. The van der Waals surface area contributed by atoms with Crippen molar-refractivity contribution < 1.29 is 13.2 Å². The highest BCUT2D eigenvalue weighted by Crippen LogP contribution is 2.30. The fourth-order valence-electron chi connectivity index (χ4n) is 3.76. The number of imidazole rings is 1. The van der Waals surface area contributed by atoms with Gasteiger partial charge in [-0.25, -0.2) is 4.98 Å². The van der Waals surface area contributed by atoms with E-state index >= 15 is 0 Å². The largest absolute Gasteiger partial charge is 0.416 e. The molecule has 0 amide bonds. The van der Waals surface area contributed by atoms with E-state index in [0.717, 1.165) is 35.1 Å². The highest BCUT2D eigenvalue weighted by Gasteiger charge is 2.30. The first kappa shape index (κ1) is 22.6. The molecule has 3 heterocycles. The molecule has 7 nitrogen and oxygen atoms in total. The smallest absolute Gasteiger partial charge is 0.368 e. The van der Waals surface area contributed by atoms with E-state index < -0.39 is 11.7 Å². The van der Waals surface area contributed by atoms with Crippen molar-refractivity contribution in [2.75, 3.05) is 17.2 Å². The first-order valence-corrected chi connectivity index (χ1v) is 11.2. The SMILES string of the molecule is CCCNc1nc(Nc2ccc3ncccc3c2)nc2c1ncn2Cc1ccc(C(F)(F)F)cc1. The maximum atomic E-state index is 12.9. The first-order chi connectivity index (χ1) is 16.9. The maximum absolute atomic E-state index is 12.9. The summed E-state index contributed by atoms with van der Waals surface area (Å²) in [5.41, 5.74) is 2.88. The van der Waals surface area contributed by atoms with E-state index in [-0.39, 0.29) is 0 Å². The molecule has 0 aliphatic rings. The fourth-order valence-corrected chi connectivity index (χ4v) is 3.76. The highest BCUT2D eigenvalue weighted by molar-refractivity contribution is 5.86. The summed E-state index contributed by atoms with van der Waals surface area (Å²) in [6, 6.07) is 14.7. The molecule has 0 atom stereocenters. The molecule has 0 fully saturated rings. The number of nitrogens with zero attached hydrogens (tertiary/aromatic N) is 5. The van der Waals surface area contributed by atoms with Crippen LogP contribution >= 0.6 is 0 Å². The van der Waals surface area contributed by atoms with Crippen LogP contribution in [0.25, 0.3) is 22.1 Å². The summed E-state index contributed by atoms with van der Waals surface area (Å²) in [4.78, 5) is 18.1. The summed E-state index contributed by atoms with van der Waals surface area (Å²) < 4.78 is 40.5. The molecule has 35 heavy (non-hydrogen) atoms.